The third-order valence-corrected chi connectivity index (χ3v) is 3.80. The zero-order valence-electron chi connectivity index (χ0n) is 8.34. The maximum absolute atomic E-state index is 13.3. The van der Waals surface area contributed by atoms with Gasteiger partial charge in [0.25, 0.3) is 0 Å². The molecular weight excluding hydrogens is 379 g/mol. The largest absolute Gasteiger partial charge is 0.460 e. The Bertz CT molecular complexity index is 461. The highest BCUT2D eigenvalue weighted by molar-refractivity contribution is 9.10. The Morgan fingerprint density at radius 2 is 1.26 bits per heavy atom. The van der Waals surface area contributed by atoms with Crippen LogP contribution in [0.4, 0.5) is 39.5 Å². The van der Waals surface area contributed by atoms with E-state index in [-0.39, 0.29) is 0 Å². The summed E-state index contributed by atoms with van der Waals surface area (Å²) in [6.07, 6.45) is -6.80. The van der Waals surface area contributed by atoms with E-state index in [0.717, 1.165) is 5.38 Å². The fraction of sp³-hybridized carbons (Fsp3) is 0.500. The lowest BCUT2D eigenvalue weighted by molar-refractivity contribution is -0.399. The summed E-state index contributed by atoms with van der Waals surface area (Å²) in [5.74, 6) is -19.2. The molecule has 1 rings (SSSR count). The summed E-state index contributed by atoms with van der Waals surface area (Å²) >= 11 is 2.82. The number of hydrogen-bond acceptors (Lipinski definition) is 1. The average molecular weight is 381 g/mol. The second-order valence-corrected chi connectivity index (χ2v) is 4.95. The van der Waals surface area contributed by atoms with Gasteiger partial charge in [0.1, 0.15) is 0 Å². The van der Waals surface area contributed by atoms with Gasteiger partial charge in [-0.1, -0.05) is 0 Å². The molecule has 0 fully saturated rings. The van der Waals surface area contributed by atoms with E-state index in [1.54, 1.807) is 0 Å². The highest BCUT2D eigenvalue weighted by Crippen LogP contribution is 2.57. The van der Waals surface area contributed by atoms with Crippen molar-refractivity contribution in [3.8, 4) is 0 Å². The summed E-state index contributed by atoms with van der Waals surface area (Å²) in [6, 6.07) is 0. The van der Waals surface area contributed by atoms with Crippen LogP contribution < -0.4 is 0 Å². The van der Waals surface area contributed by atoms with Gasteiger partial charge in [-0.15, -0.1) is 0 Å². The molecule has 110 valence electrons. The number of rotatable bonds is 3. The van der Waals surface area contributed by atoms with Crippen molar-refractivity contribution in [3.05, 3.63) is 20.8 Å². The molecule has 0 aliphatic rings. The third-order valence-electron chi connectivity index (χ3n) is 2.10. The molecule has 0 amide bonds. The Morgan fingerprint density at radius 1 is 0.789 bits per heavy atom. The zero-order chi connectivity index (χ0) is 15.3. The summed E-state index contributed by atoms with van der Waals surface area (Å²) in [4.78, 5) is 0. The number of hydrogen-bond donors (Lipinski definition) is 0. The van der Waals surface area contributed by atoms with Crippen LogP contribution in [0.1, 0.15) is 5.56 Å². The molecule has 0 unspecified atom stereocenters. The highest BCUT2D eigenvalue weighted by atomic mass is 79.9. The topological polar surface area (TPSA) is 0 Å². The van der Waals surface area contributed by atoms with Crippen molar-refractivity contribution in [2.24, 2.45) is 0 Å². The van der Waals surface area contributed by atoms with Crippen molar-refractivity contribution < 1.29 is 39.5 Å². The van der Waals surface area contributed by atoms with E-state index in [1.807, 2.05) is 0 Å². The molecule has 0 N–H and O–H groups in total. The van der Waals surface area contributed by atoms with Gasteiger partial charge in [0.05, 0.1) is 5.56 Å². The SMILES string of the molecule is FC(F)(F)C(F)(F)C(F)(F)C(F)(F)c1cscc1Br. The van der Waals surface area contributed by atoms with Gasteiger partial charge in [0, 0.05) is 15.2 Å². The van der Waals surface area contributed by atoms with Crippen molar-refractivity contribution in [2.45, 2.75) is 23.9 Å². The first-order chi connectivity index (χ1) is 8.27. The third kappa shape index (κ3) is 2.34. The molecule has 11 heteroatoms. The molecule has 19 heavy (non-hydrogen) atoms. The predicted octanol–water partition coefficient (Wildman–Crippen LogP) is 5.44. The normalized spacial score (nSPS) is 14.8. The van der Waals surface area contributed by atoms with E-state index >= 15 is 0 Å². The monoisotopic (exact) mass is 380 g/mol. The molecule has 0 atom stereocenters. The zero-order valence-corrected chi connectivity index (χ0v) is 10.7. The summed E-state index contributed by atoms with van der Waals surface area (Å²) in [7, 11) is 0. The van der Waals surface area contributed by atoms with Crippen LogP contribution in [-0.4, -0.2) is 18.0 Å². The van der Waals surface area contributed by atoms with Crippen LogP contribution >= 0.6 is 27.3 Å². The molecule has 0 saturated heterocycles. The van der Waals surface area contributed by atoms with Gasteiger partial charge >= 0.3 is 23.9 Å². The standard InChI is InChI=1S/C8H2BrF9S/c9-4-2-19-1-3(4)5(10,11)6(12,13)7(14,15)8(16,17)18/h1-2H. The summed E-state index contributed by atoms with van der Waals surface area (Å²) in [6.45, 7) is 0. The van der Waals surface area contributed by atoms with E-state index in [1.165, 1.54) is 0 Å². The number of thiophene rings is 1. The maximum Gasteiger partial charge on any atom is 0.460 e. The Balaban J connectivity index is 3.38. The first kappa shape index (κ1) is 16.6. The minimum absolute atomic E-state index is 0.366. The van der Waals surface area contributed by atoms with E-state index in [0.29, 0.717) is 16.7 Å². The van der Waals surface area contributed by atoms with Crippen LogP contribution in [0.15, 0.2) is 15.2 Å². The van der Waals surface area contributed by atoms with Crippen molar-refractivity contribution in [2.75, 3.05) is 0 Å². The second kappa shape index (κ2) is 4.54. The van der Waals surface area contributed by atoms with Crippen molar-refractivity contribution in [3.63, 3.8) is 0 Å². The highest BCUT2D eigenvalue weighted by Gasteiger charge is 2.82. The fourth-order valence-corrected chi connectivity index (χ4v) is 2.61. The molecule has 1 aromatic heterocycles. The van der Waals surface area contributed by atoms with Crippen molar-refractivity contribution >= 4 is 27.3 Å². The average Bonchev–Trinajstić information content (AvgIpc) is 2.62. The Morgan fingerprint density at radius 3 is 1.58 bits per heavy atom. The lowest BCUT2D eigenvalue weighted by Gasteiger charge is -2.33. The van der Waals surface area contributed by atoms with Gasteiger partial charge in [0.2, 0.25) is 0 Å². The van der Waals surface area contributed by atoms with Crippen LogP contribution in [0, 0.1) is 0 Å². The second-order valence-electron chi connectivity index (χ2n) is 3.35. The molecule has 0 saturated carbocycles. The molecule has 0 radical (unpaired) electrons. The first-order valence-electron chi connectivity index (χ1n) is 4.19. The first-order valence-corrected chi connectivity index (χ1v) is 5.92. The number of alkyl halides is 9. The fourth-order valence-electron chi connectivity index (χ4n) is 1.05. The summed E-state index contributed by atoms with van der Waals surface area (Å²) in [5.41, 5.74) is -1.63. The predicted molar refractivity (Wildman–Crippen MR) is 51.9 cm³/mol. The molecule has 0 aliphatic heterocycles. The van der Waals surface area contributed by atoms with Gasteiger partial charge in [-0.25, -0.2) is 0 Å². The molecule has 1 heterocycles. The Hall–Kier alpha value is -0.450. The van der Waals surface area contributed by atoms with Gasteiger partial charge in [-0.2, -0.15) is 50.9 Å². The minimum atomic E-state index is -6.87. The van der Waals surface area contributed by atoms with Crippen LogP contribution in [0.5, 0.6) is 0 Å². The van der Waals surface area contributed by atoms with E-state index in [4.69, 9.17) is 0 Å². The van der Waals surface area contributed by atoms with Gasteiger partial charge in [-0.3, -0.25) is 0 Å². The van der Waals surface area contributed by atoms with Crippen LogP contribution in [0.3, 0.4) is 0 Å². The Kier molecular flexibility index (Phi) is 3.96. The van der Waals surface area contributed by atoms with Gasteiger partial charge in [0.15, 0.2) is 0 Å². The van der Waals surface area contributed by atoms with Gasteiger partial charge in [-0.05, 0) is 15.9 Å². The molecule has 1 aromatic rings. The smallest absolute Gasteiger partial charge is 0.194 e. The minimum Gasteiger partial charge on any atom is -0.194 e. The Labute approximate surface area is 112 Å². The molecule has 0 aliphatic carbocycles. The van der Waals surface area contributed by atoms with Crippen molar-refractivity contribution in [1.82, 2.24) is 0 Å². The lowest BCUT2D eigenvalue weighted by atomic mass is 9.99. The van der Waals surface area contributed by atoms with E-state index in [9.17, 15) is 39.5 Å². The van der Waals surface area contributed by atoms with E-state index in [2.05, 4.69) is 15.9 Å². The van der Waals surface area contributed by atoms with Crippen molar-refractivity contribution in [1.29, 1.82) is 0 Å². The molecule has 0 nitrogen and oxygen atoms in total. The molecular formula is C8H2BrF9S. The van der Waals surface area contributed by atoms with Crippen LogP contribution in [0.25, 0.3) is 0 Å². The van der Waals surface area contributed by atoms with Crippen LogP contribution in [-0.2, 0) is 5.92 Å². The molecule has 0 aromatic carbocycles. The lowest BCUT2D eigenvalue weighted by Crippen LogP contribution is -2.59. The summed E-state index contributed by atoms with van der Waals surface area (Å²) < 4.78 is 112. The quantitative estimate of drug-likeness (QED) is 0.613. The molecule has 0 bridgehead atoms. The van der Waals surface area contributed by atoms with Gasteiger partial charge < -0.3 is 0 Å². The number of halogens is 10. The summed E-state index contributed by atoms with van der Waals surface area (Å²) in [5, 5.41) is 1.22. The molecule has 0 spiro atoms. The van der Waals surface area contributed by atoms with E-state index < -0.39 is 34.0 Å². The van der Waals surface area contributed by atoms with Crippen LogP contribution in [0.2, 0.25) is 0 Å². The maximum atomic E-state index is 13.3.